The highest BCUT2D eigenvalue weighted by molar-refractivity contribution is 5.61. The molecule has 0 aliphatic heterocycles. The summed E-state index contributed by atoms with van der Waals surface area (Å²) >= 11 is 0. The molecule has 5 nitrogen and oxygen atoms in total. The van der Waals surface area contributed by atoms with Gasteiger partial charge in [0.2, 0.25) is 0 Å². The number of ether oxygens (including phenoxy) is 1. The average molecular weight is 306 g/mol. The van der Waals surface area contributed by atoms with Crippen LogP contribution in [0.4, 0.5) is 15.9 Å². The number of aromatic nitrogens is 2. The van der Waals surface area contributed by atoms with Gasteiger partial charge in [0, 0.05) is 24.1 Å². The van der Waals surface area contributed by atoms with E-state index in [0.717, 1.165) is 5.69 Å². The van der Waals surface area contributed by atoms with E-state index in [1.165, 1.54) is 24.5 Å². The zero-order valence-corrected chi connectivity index (χ0v) is 11.9. The Bertz CT molecular complexity index is 859. The molecule has 0 atom stereocenters. The second kappa shape index (κ2) is 6.54. The third kappa shape index (κ3) is 3.60. The lowest BCUT2D eigenvalue weighted by Crippen LogP contribution is -1.98. The van der Waals surface area contributed by atoms with E-state index in [1.807, 2.05) is 6.07 Å². The van der Waals surface area contributed by atoms with Crippen LogP contribution >= 0.6 is 0 Å². The zero-order valence-electron chi connectivity index (χ0n) is 11.9. The first kappa shape index (κ1) is 14.5. The topological polar surface area (TPSA) is 70.8 Å². The number of nitriles is 1. The van der Waals surface area contributed by atoms with Crippen LogP contribution < -0.4 is 10.1 Å². The maximum atomic E-state index is 13.1. The van der Waals surface area contributed by atoms with Crippen molar-refractivity contribution in [2.45, 2.75) is 0 Å². The maximum absolute atomic E-state index is 13.1. The highest BCUT2D eigenvalue weighted by Crippen LogP contribution is 2.24. The molecule has 0 bridgehead atoms. The molecule has 1 N–H and O–H groups in total. The predicted octanol–water partition coefficient (Wildman–Crippen LogP) is 4.02. The van der Waals surface area contributed by atoms with Crippen molar-refractivity contribution in [1.82, 2.24) is 9.97 Å². The lowest BCUT2D eigenvalue weighted by molar-refractivity contribution is 0.477. The van der Waals surface area contributed by atoms with Gasteiger partial charge >= 0.3 is 0 Å². The molecule has 3 aromatic rings. The van der Waals surface area contributed by atoms with Gasteiger partial charge in [-0.15, -0.1) is 0 Å². The summed E-state index contributed by atoms with van der Waals surface area (Å²) < 4.78 is 18.7. The van der Waals surface area contributed by atoms with E-state index < -0.39 is 0 Å². The molecule has 6 heteroatoms. The SMILES string of the molecule is N#Cc1nccnc1Nc1ccc(Oc2cccc(F)c2)cc1. The van der Waals surface area contributed by atoms with Crippen molar-refractivity contribution in [3.05, 3.63) is 72.4 Å². The van der Waals surface area contributed by atoms with Crippen LogP contribution in [0.1, 0.15) is 5.69 Å². The van der Waals surface area contributed by atoms with Crippen molar-refractivity contribution < 1.29 is 9.13 Å². The molecule has 0 saturated carbocycles. The summed E-state index contributed by atoms with van der Waals surface area (Å²) in [5, 5.41) is 12.0. The Morgan fingerprint density at radius 1 is 1.00 bits per heavy atom. The number of hydrogen-bond acceptors (Lipinski definition) is 5. The number of anilines is 2. The smallest absolute Gasteiger partial charge is 0.183 e. The molecule has 112 valence electrons. The summed E-state index contributed by atoms with van der Waals surface area (Å²) in [6, 6.07) is 14.9. The summed E-state index contributed by atoms with van der Waals surface area (Å²) in [5.41, 5.74) is 0.946. The molecule has 0 unspecified atom stereocenters. The summed E-state index contributed by atoms with van der Waals surface area (Å²) in [7, 11) is 0. The van der Waals surface area contributed by atoms with E-state index in [0.29, 0.717) is 17.3 Å². The molecule has 0 fully saturated rings. The van der Waals surface area contributed by atoms with Gasteiger partial charge in [-0.25, -0.2) is 14.4 Å². The number of rotatable bonds is 4. The third-order valence-electron chi connectivity index (χ3n) is 2.95. The van der Waals surface area contributed by atoms with E-state index >= 15 is 0 Å². The van der Waals surface area contributed by atoms with Crippen LogP contribution in [0.15, 0.2) is 60.9 Å². The second-order valence-electron chi connectivity index (χ2n) is 4.57. The quantitative estimate of drug-likeness (QED) is 0.788. The van der Waals surface area contributed by atoms with Crippen molar-refractivity contribution in [2.75, 3.05) is 5.32 Å². The van der Waals surface area contributed by atoms with Crippen LogP contribution in [0, 0.1) is 17.1 Å². The van der Waals surface area contributed by atoms with Gasteiger partial charge in [0.05, 0.1) is 0 Å². The van der Waals surface area contributed by atoms with Crippen LogP contribution in [0.2, 0.25) is 0 Å². The maximum Gasteiger partial charge on any atom is 0.183 e. The average Bonchev–Trinajstić information content (AvgIpc) is 2.57. The van der Waals surface area contributed by atoms with E-state index in [1.54, 1.807) is 36.4 Å². The van der Waals surface area contributed by atoms with Gasteiger partial charge in [0.25, 0.3) is 0 Å². The monoisotopic (exact) mass is 306 g/mol. The Labute approximate surface area is 132 Å². The summed E-state index contributed by atoms with van der Waals surface area (Å²) in [6.45, 7) is 0. The van der Waals surface area contributed by atoms with Gasteiger partial charge in [-0.05, 0) is 36.4 Å². The Morgan fingerprint density at radius 3 is 2.52 bits per heavy atom. The first-order valence-corrected chi connectivity index (χ1v) is 6.76. The minimum atomic E-state index is -0.354. The van der Waals surface area contributed by atoms with Crippen molar-refractivity contribution in [3.63, 3.8) is 0 Å². The molecule has 0 spiro atoms. The summed E-state index contributed by atoms with van der Waals surface area (Å²) in [5.74, 6) is 1.02. The second-order valence-corrected chi connectivity index (χ2v) is 4.57. The van der Waals surface area contributed by atoms with Gasteiger partial charge < -0.3 is 10.1 Å². The molecule has 0 aliphatic carbocycles. The molecule has 1 aromatic heterocycles. The normalized spacial score (nSPS) is 9.91. The molecule has 23 heavy (non-hydrogen) atoms. The molecule has 0 aliphatic rings. The first-order chi connectivity index (χ1) is 11.2. The Morgan fingerprint density at radius 2 is 1.78 bits per heavy atom. The van der Waals surface area contributed by atoms with Gasteiger partial charge in [0.1, 0.15) is 23.4 Å². The molecule has 2 aromatic carbocycles. The van der Waals surface area contributed by atoms with Gasteiger partial charge in [-0.3, -0.25) is 0 Å². The molecule has 1 heterocycles. The largest absolute Gasteiger partial charge is 0.457 e. The number of nitrogens with zero attached hydrogens (tertiary/aromatic N) is 3. The molecule has 0 radical (unpaired) electrons. The third-order valence-corrected chi connectivity index (χ3v) is 2.95. The number of halogens is 1. The number of nitrogens with one attached hydrogen (secondary N) is 1. The summed E-state index contributed by atoms with van der Waals surface area (Å²) in [4.78, 5) is 8.00. The molecule has 3 rings (SSSR count). The zero-order chi connectivity index (χ0) is 16.1. The molecular weight excluding hydrogens is 295 g/mol. The van der Waals surface area contributed by atoms with E-state index in [2.05, 4.69) is 15.3 Å². The Balaban J connectivity index is 1.73. The number of hydrogen-bond donors (Lipinski definition) is 1. The van der Waals surface area contributed by atoms with Crippen LogP contribution in [-0.2, 0) is 0 Å². The van der Waals surface area contributed by atoms with Crippen molar-refractivity contribution in [2.24, 2.45) is 0 Å². The van der Waals surface area contributed by atoms with E-state index in [4.69, 9.17) is 10.00 Å². The lowest BCUT2D eigenvalue weighted by atomic mass is 10.3. The number of benzene rings is 2. The lowest BCUT2D eigenvalue weighted by Gasteiger charge is -2.08. The highest BCUT2D eigenvalue weighted by Gasteiger charge is 2.05. The standard InChI is InChI=1S/C17H11FN4O/c18-12-2-1-3-15(10-12)23-14-6-4-13(5-7-14)22-17-16(11-19)20-8-9-21-17/h1-10H,(H,21,22). The van der Waals surface area contributed by atoms with E-state index in [9.17, 15) is 4.39 Å². The molecular formula is C17H11FN4O. The fourth-order valence-electron chi connectivity index (χ4n) is 1.92. The Kier molecular flexibility index (Phi) is 4.11. The van der Waals surface area contributed by atoms with Crippen LogP contribution in [0.3, 0.4) is 0 Å². The van der Waals surface area contributed by atoms with Gasteiger partial charge in [-0.1, -0.05) is 6.07 Å². The first-order valence-electron chi connectivity index (χ1n) is 6.76. The predicted molar refractivity (Wildman–Crippen MR) is 82.9 cm³/mol. The minimum Gasteiger partial charge on any atom is -0.457 e. The van der Waals surface area contributed by atoms with Gasteiger partial charge in [-0.2, -0.15) is 5.26 Å². The van der Waals surface area contributed by atoms with Crippen LogP contribution in [0.5, 0.6) is 11.5 Å². The fraction of sp³-hybridized carbons (Fsp3) is 0. The molecule has 0 amide bonds. The Hall–Kier alpha value is -3.46. The molecule has 0 saturated heterocycles. The highest BCUT2D eigenvalue weighted by atomic mass is 19.1. The van der Waals surface area contributed by atoms with Crippen molar-refractivity contribution in [3.8, 4) is 17.6 Å². The van der Waals surface area contributed by atoms with Crippen molar-refractivity contribution in [1.29, 1.82) is 5.26 Å². The summed E-state index contributed by atoms with van der Waals surface area (Å²) in [6.07, 6.45) is 2.96. The van der Waals surface area contributed by atoms with E-state index in [-0.39, 0.29) is 11.5 Å². The van der Waals surface area contributed by atoms with Gasteiger partial charge in [0.15, 0.2) is 11.5 Å². The fourth-order valence-corrected chi connectivity index (χ4v) is 1.92. The minimum absolute atomic E-state index is 0.215. The van der Waals surface area contributed by atoms with Crippen molar-refractivity contribution >= 4 is 11.5 Å². The van der Waals surface area contributed by atoms with Crippen LogP contribution in [0.25, 0.3) is 0 Å². The van der Waals surface area contributed by atoms with Crippen LogP contribution in [-0.4, -0.2) is 9.97 Å².